The molecule has 0 unspecified atom stereocenters. The molecule has 0 radical (unpaired) electrons. The van der Waals surface area contributed by atoms with Crippen molar-refractivity contribution in [3.05, 3.63) is 95.6 Å². The second kappa shape index (κ2) is 55.3. The highest BCUT2D eigenvalue weighted by Crippen LogP contribution is 2.24. The van der Waals surface area contributed by atoms with Gasteiger partial charge in [0.15, 0.2) is 11.9 Å². The fourth-order valence-electron chi connectivity index (χ4n) is 14.1. The molecule has 130 heavy (non-hydrogen) atoms. The van der Waals surface area contributed by atoms with Gasteiger partial charge in [0.1, 0.15) is 90.0 Å². The number of rotatable bonds is 56. The van der Waals surface area contributed by atoms with Crippen LogP contribution in [0.4, 0.5) is 0 Å². The van der Waals surface area contributed by atoms with E-state index >= 15 is 0 Å². The lowest BCUT2D eigenvalue weighted by atomic mass is 10.0. The number of benzene rings is 3. The maximum absolute atomic E-state index is 14.8. The Morgan fingerprint density at radius 3 is 1.41 bits per heavy atom. The number of unbranched alkanes of at least 4 members (excludes halogenated alkanes) is 1. The molecule has 16 atom stereocenters. The number of thiol groups is 1. The van der Waals surface area contributed by atoms with Gasteiger partial charge in [0.25, 0.3) is 0 Å². The first kappa shape index (κ1) is 108. The third kappa shape index (κ3) is 36.8. The molecule has 2 heterocycles. The number of aromatic hydroxyl groups is 2. The molecule has 716 valence electrons. The summed E-state index contributed by atoms with van der Waals surface area (Å²) >= 11 is 5.67. The number of guanidine groups is 2. The Morgan fingerprint density at radius 1 is 0.469 bits per heavy atom. The van der Waals surface area contributed by atoms with Crippen LogP contribution in [-0.2, 0) is 101 Å². The number of likely N-dealkylation sites (tertiary alicyclic amines) is 2. The Kier molecular flexibility index (Phi) is 45.9. The van der Waals surface area contributed by atoms with E-state index in [9.17, 15) is 112 Å². The quantitative estimate of drug-likeness (QED) is 0.0108. The predicted octanol–water partition coefficient (Wildman–Crippen LogP) is -7.19. The summed E-state index contributed by atoms with van der Waals surface area (Å²) < 4.78 is 0. The van der Waals surface area contributed by atoms with E-state index in [1.54, 1.807) is 48.7 Å². The van der Waals surface area contributed by atoms with Crippen molar-refractivity contribution in [1.29, 1.82) is 10.8 Å². The van der Waals surface area contributed by atoms with E-state index in [0.29, 0.717) is 28.9 Å². The van der Waals surface area contributed by atoms with Crippen LogP contribution in [0.25, 0.3) is 0 Å². The van der Waals surface area contributed by atoms with Gasteiger partial charge in [-0.15, -0.1) is 0 Å². The Bertz CT molecular complexity index is 4390. The van der Waals surface area contributed by atoms with Gasteiger partial charge in [-0.25, -0.2) is 4.79 Å². The topological polar surface area (TPSA) is 764 Å². The molecule has 15 amide bonds. The number of aliphatic carboxylic acids is 2. The van der Waals surface area contributed by atoms with Crippen LogP contribution in [0.15, 0.2) is 78.9 Å². The molecular weight excluding hydrogens is 1740 g/mol. The van der Waals surface area contributed by atoms with Gasteiger partial charge in [-0.1, -0.05) is 54.6 Å². The van der Waals surface area contributed by atoms with Gasteiger partial charge in [0.05, 0.1) is 31.2 Å². The summed E-state index contributed by atoms with van der Waals surface area (Å²) in [6, 6.07) is -2.05. The molecule has 0 aliphatic carbocycles. The SMILES string of the molecule is CSCC[C@H](NC(=O)[C@@H](N)Cc1ccc(O)cc1)C(=O)N[C@@H](CCCNC(=N)N)C(=O)N[C@H](C(=O)N1CCC[C@H]1C(=O)N[C@@H](CC(=O)O)C(=O)NCC(=O)N[C@@H](CCCNC(=N)N)C(=O)N[C@@H](CS)C(=O)N[C@@H](CCCCN)C(=O)N1CCC[C@H]1C(=O)N[C@H](C(=O)N[C@@H](Cc1ccccc1)C(=O)N[C@@H](Cc1ccc(O)cc1)C(=O)N[C@@H](CCC(N)=O)C(=O)O)[C@@H](C)O)[C@@H](C)O. The van der Waals surface area contributed by atoms with E-state index in [0.717, 1.165) is 23.6 Å². The molecule has 2 aliphatic heterocycles. The van der Waals surface area contributed by atoms with Crippen molar-refractivity contribution in [1.82, 2.24) is 84.2 Å². The summed E-state index contributed by atoms with van der Waals surface area (Å²) in [5.41, 5.74) is 29.7. The fraction of sp³-hybridized carbons (Fsp3) is 0.549. The molecule has 32 N–H and O–H groups in total. The standard InChI is InChI=1S/C82H123N23O23S2/c1-43(106)65(77(124)100-57(38-45-13-5-4-6-14-45)73(120)98-56(39-47-22-26-49(109)27-23-47)72(119)97-55(80(127)128)28-29-62(85)110)102-76(123)61-19-11-34-104(61)78(125)54(15-7-8-31-83)96-74(121)59(42-129)101-69(116)51(16-9-32-90-81(86)87)93-63(111)41-92-68(115)58(40-64(112)113)99-75(122)60-18-12-35-105(60)79(126)66(44(2)107)103-71(118)52(17-10-33-91-82(88)89)95-70(117)53(30-36-130-3)94-67(114)50(84)37-46-20-24-48(108)25-21-46/h4-6,13-14,20-27,43-44,50-61,65-66,106-109,129H,7-12,15-19,28-42,83-84H2,1-3H3,(H2,85,110)(H,92,115)(H,93,111)(H,94,114)(H,95,117)(H,96,121)(H,97,119)(H,98,120)(H,99,122)(H,100,124)(H,101,116)(H,102,123)(H,103,118)(H,112,113)(H,127,128)(H4,86,87,90)(H4,88,89,91)/t43-,44-,50+,51+,52+,53+,54+,55+,56+,57+,58+,59+,60+,61+,65+,66+/m1/s1. The molecule has 2 aliphatic rings. The number of phenolic OH excluding ortho intramolecular Hbond substituents is 2. The van der Waals surface area contributed by atoms with Gasteiger partial charge in [0.2, 0.25) is 88.6 Å². The predicted molar refractivity (Wildman–Crippen MR) is 475 cm³/mol. The summed E-state index contributed by atoms with van der Waals surface area (Å²) in [6.07, 6.45) is -3.59. The third-order valence-corrected chi connectivity index (χ3v) is 22.1. The van der Waals surface area contributed by atoms with Crippen LogP contribution < -0.4 is 103 Å². The summed E-state index contributed by atoms with van der Waals surface area (Å²) in [6.45, 7) is 1.24. The number of carbonyl (C=O) groups excluding carboxylic acids is 15. The third-order valence-electron chi connectivity index (χ3n) is 21.0. The zero-order valence-electron chi connectivity index (χ0n) is 72.4. The number of primary amides is 1. The van der Waals surface area contributed by atoms with Crippen molar-refractivity contribution < 1.29 is 112 Å². The lowest BCUT2D eigenvalue weighted by molar-refractivity contribution is -0.145. The van der Waals surface area contributed by atoms with Crippen molar-refractivity contribution in [3.63, 3.8) is 0 Å². The Balaban J connectivity index is 1.28. The van der Waals surface area contributed by atoms with Gasteiger partial charge in [-0.3, -0.25) is 87.5 Å². The number of aliphatic hydroxyl groups is 2. The Labute approximate surface area is 759 Å². The Hall–Kier alpha value is -12.7. The van der Waals surface area contributed by atoms with Crippen molar-refractivity contribution in [2.45, 2.75) is 226 Å². The maximum Gasteiger partial charge on any atom is 0.326 e. The molecule has 2 saturated heterocycles. The monoisotopic (exact) mass is 1860 g/mol. The van der Waals surface area contributed by atoms with E-state index in [2.05, 4.69) is 87.1 Å². The van der Waals surface area contributed by atoms with Crippen molar-refractivity contribution in [3.8, 4) is 11.5 Å². The number of hydrogen-bond donors (Lipinski definition) is 28. The lowest BCUT2D eigenvalue weighted by Crippen LogP contribution is -2.62. The zero-order chi connectivity index (χ0) is 96.4. The van der Waals surface area contributed by atoms with Crippen molar-refractivity contribution in [2.24, 2.45) is 28.7 Å². The second-order valence-electron chi connectivity index (χ2n) is 31.4. The van der Waals surface area contributed by atoms with Crippen LogP contribution in [0.1, 0.15) is 127 Å². The number of aliphatic hydroxyl groups excluding tert-OH is 2. The number of nitrogens with zero attached hydrogens (tertiary/aromatic N) is 2. The van der Waals surface area contributed by atoms with E-state index in [4.69, 9.17) is 39.5 Å². The van der Waals surface area contributed by atoms with E-state index in [-0.39, 0.29) is 134 Å². The molecule has 46 nitrogen and oxygen atoms in total. The maximum atomic E-state index is 14.8. The van der Waals surface area contributed by atoms with Gasteiger partial charge in [-0.05, 0) is 163 Å². The zero-order valence-corrected chi connectivity index (χ0v) is 74.1. The first-order chi connectivity index (χ1) is 61.6. The largest absolute Gasteiger partial charge is 0.508 e. The minimum atomic E-state index is -1.95. The van der Waals surface area contributed by atoms with Crippen LogP contribution in [-0.4, -0.2) is 307 Å². The van der Waals surface area contributed by atoms with E-state index < -0.39 is 241 Å². The molecular formula is C82H123N23O23S2. The van der Waals surface area contributed by atoms with Crippen LogP contribution in [0.2, 0.25) is 0 Å². The minimum absolute atomic E-state index is 0.00528. The first-order valence-corrected chi connectivity index (χ1v) is 44.3. The molecule has 5 rings (SSSR count). The average Bonchev–Trinajstić information content (AvgIpc) is 1.63. The van der Waals surface area contributed by atoms with E-state index in [1.165, 1.54) is 48.2 Å². The van der Waals surface area contributed by atoms with Crippen molar-refractivity contribution in [2.75, 3.05) is 57.0 Å². The number of carbonyl (C=O) groups is 17. The Morgan fingerprint density at radius 2 is 0.908 bits per heavy atom. The summed E-state index contributed by atoms with van der Waals surface area (Å²) in [4.78, 5) is 238. The summed E-state index contributed by atoms with van der Waals surface area (Å²) in [5.74, 6) is -19.0. The molecule has 0 aromatic heterocycles. The normalized spacial score (nSPS) is 16.6. The molecule has 3 aromatic carbocycles. The number of thioether (sulfide) groups is 1. The number of amides is 15. The van der Waals surface area contributed by atoms with Gasteiger partial charge in [-0.2, -0.15) is 24.4 Å². The fourth-order valence-corrected chi connectivity index (χ4v) is 14.8. The average molecular weight is 1860 g/mol. The molecule has 0 bridgehead atoms. The number of hydrogen-bond acceptors (Lipinski definition) is 27. The molecule has 0 spiro atoms. The van der Waals surface area contributed by atoms with Crippen LogP contribution in [0, 0.1) is 10.8 Å². The number of carboxylic acids is 2. The smallest absolute Gasteiger partial charge is 0.326 e. The van der Waals surface area contributed by atoms with Gasteiger partial charge >= 0.3 is 11.9 Å². The summed E-state index contributed by atoms with van der Waals surface area (Å²) in [7, 11) is 0. The highest BCUT2D eigenvalue weighted by atomic mass is 32.2. The number of phenols is 2. The van der Waals surface area contributed by atoms with Crippen molar-refractivity contribution >= 4 is 137 Å². The second-order valence-corrected chi connectivity index (χ2v) is 32.7. The highest BCUT2D eigenvalue weighted by Gasteiger charge is 2.45. The molecule has 48 heteroatoms. The number of carboxylic acid groups (broad SMARTS) is 2. The summed E-state index contributed by atoms with van der Waals surface area (Å²) in [5, 5.41) is 112. The molecule has 2 fully saturated rings. The van der Waals surface area contributed by atoms with Crippen LogP contribution >= 0.6 is 24.4 Å². The van der Waals surface area contributed by atoms with Crippen LogP contribution in [0.3, 0.4) is 0 Å². The molecule has 0 saturated carbocycles. The molecule has 3 aromatic rings. The van der Waals surface area contributed by atoms with Gasteiger partial charge < -0.3 is 144 Å². The van der Waals surface area contributed by atoms with Crippen LogP contribution in [0.5, 0.6) is 11.5 Å². The number of nitrogens with two attached hydrogens (primary N) is 5. The van der Waals surface area contributed by atoms with Gasteiger partial charge in [0, 0.05) is 51.2 Å². The highest BCUT2D eigenvalue weighted by molar-refractivity contribution is 7.98. The first-order valence-electron chi connectivity index (χ1n) is 42.3. The van der Waals surface area contributed by atoms with E-state index in [1.807, 2.05) is 0 Å². The lowest BCUT2D eigenvalue weighted by Gasteiger charge is -2.32. The number of nitrogens with one attached hydrogen (secondary N) is 16. The minimum Gasteiger partial charge on any atom is -0.508 e.